The number of alkyl halides is 2. The maximum absolute atomic E-state index is 12.4. The quantitative estimate of drug-likeness (QED) is 0.657. The van der Waals surface area contributed by atoms with Crippen LogP contribution < -0.4 is 0 Å². The van der Waals surface area contributed by atoms with Crippen molar-refractivity contribution in [3.8, 4) is 5.75 Å². The van der Waals surface area contributed by atoms with Crippen molar-refractivity contribution in [2.75, 3.05) is 0 Å². The fourth-order valence-corrected chi connectivity index (χ4v) is 1.61. The third-order valence-electron chi connectivity index (χ3n) is 1.60. The van der Waals surface area contributed by atoms with Crippen LogP contribution in [0.5, 0.6) is 5.75 Å². The van der Waals surface area contributed by atoms with E-state index < -0.39 is 30.1 Å². The van der Waals surface area contributed by atoms with E-state index in [4.69, 9.17) is 5.11 Å². The molecule has 0 aliphatic carbocycles. The first-order valence-electron chi connectivity index (χ1n) is 3.80. The van der Waals surface area contributed by atoms with Crippen LogP contribution >= 0.6 is 22.6 Å². The molecule has 0 saturated heterocycles. The molecule has 0 bridgehead atoms. The number of aromatic nitrogens is 1. The normalized spacial score (nSPS) is 10.7. The van der Waals surface area contributed by atoms with E-state index in [0.29, 0.717) is 0 Å². The minimum atomic E-state index is -2.85. The molecule has 1 aromatic heterocycles. The van der Waals surface area contributed by atoms with Crippen LogP contribution in [0.3, 0.4) is 0 Å². The highest BCUT2D eigenvalue weighted by Crippen LogP contribution is 2.31. The van der Waals surface area contributed by atoms with Gasteiger partial charge in [-0.1, -0.05) is 0 Å². The summed E-state index contributed by atoms with van der Waals surface area (Å²) in [5.74, 6) is -1.76. The summed E-state index contributed by atoms with van der Waals surface area (Å²) in [6, 6.07) is 0.899. The van der Waals surface area contributed by atoms with E-state index in [1.165, 1.54) is 0 Å². The molecule has 0 radical (unpaired) electrons. The van der Waals surface area contributed by atoms with E-state index in [2.05, 4.69) is 4.98 Å². The second kappa shape index (κ2) is 4.69. The van der Waals surface area contributed by atoms with Crippen molar-refractivity contribution in [3.05, 3.63) is 21.0 Å². The lowest BCUT2D eigenvalue weighted by Crippen LogP contribution is -2.05. The molecule has 1 heterocycles. The Bertz CT molecular complexity index is 398. The molecule has 0 spiro atoms. The molecule has 0 aromatic carbocycles. The molecule has 0 atom stereocenters. The van der Waals surface area contributed by atoms with Crippen LogP contribution in [0.15, 0.2) is 6.07 Å². The summed E-state index contributed by atoms with van der Waals surface area (Å²) in [4.78, 5) is 14.0. The molecule has 0 amide bonds. The average molecular weight is 329 g/mol. The highest BCUT2D eigenvalue weighted by atomic mass is 127. The van der Waals surface area contributed by atoms with Gasteiger partial charge in [0.15, 0.2) is 5.75 Å². The van der Waals surface area contributed by atoms with Crippen molar-refractivity contribution in [3.63, 3.8) is 0 Å². The third-order valence-corrected chi connectivity index (χ3v) is 2.35. The Morgan fingerprint density at radius 1 is 1.60 bits per heavy atom. The Morgan fingerprint density at radius 3 is 2.67 bits per heavy atom. The van der Waals surface area contributed by atoms with E-state index in [1.54, 1.807) is 22.6 Å². The van der Waals surface area contributed by atoms with Crippen molar-refractivity contribution < 1.29 is 23.8 Å². The molecular formula is C8H6F2INO3. The monoisotopic (exact) mass is 329 g/mol. The summed E-state index contributed by atoms with van der Waals surface area (Å²) in [6.07, 6.45) is -3.30. The van der Waals surface area contributed by atoms with Gasteiger partial charge in [0.25, 0.3) is 6.43 Å². The van der Waals surface area contributed by atoms with Crippen LogP contribution in [-0.2, 0) is 11.2 Å². The van der Waals surface area contributed by atoms with E-state index >= 15 is 0 Å². The topological polar surface area (TPSA) is 70.4 Å². The zero-order chi connectivity index (χ0) is 11.6. The largest absolute Gasteiger partial charge is 0.505 e. The molecule has 1 rings (SSSR count). The number of carboxylic acids is 1. The minimum Gasteiger partial charge on any atom is -0.505 e. The van der Waals surface area contributed by atoms with E-state index in [9.17, 15) is 18.7 Å². The van der Waals surface area contributed by atoms with Crippen LogP contribution in [0, 0.1) is 3.70 Å². The van der Waals surface area contributed by atoms with Gasteiger partial charge in [0.1, 0.15) is 3.70 Å². The molecule has 82 valence electrons. The van der Waals surface area contributed by atoms with Gasteiger partial charge in [0, 0.05) is 0 Å². The number of nitrogens with zero attached hydrogens (tertiary/aromatic N) is 1. The number of aromatic hydroxyl groups is 1. The van der Waals surface area contributed by atoms with E-state index in [1.807, 2.05) is 0 Å². The molecule has 0 aliphatic rings. The molecule has 0 saturated carbocycles. The van der Waals surface area contributed by atoms with Gasteiger partial charge in [-0.05, 0) is 28.7 Å². The molecule has 0 fully saturated rings. The lowest BCUT2D eigenvalue weighted by molar-refractivity contribution is -0.136. The first-order valence-corrected chi connectivity index (χ1v) is 4.88. The molecule has 1 aromatic rings. The number of hydrogen-bond acceptors (Lipinski definition) is 3. The maximum atomic E-state index is 12.4. The predicted molar refractivity (Wildman–Crippen MR) is 54.9 cm³/mol. The first kappa shape index (κ1) is 12.1. The van der Waals surface area contributed by atoms with Gasteiger partial charge >= 0.3 is 5.97 Å². The SMILES string of the molecule is O=C(O)Cc1cc(C(F)F)c(O)c(I)n1. The Balaban J connectivity index is 3.17. The summed E-state index contributed by atoms with van der Waals surface area (Å²) in [5.41, 5.74) is -0.592. The summed E-state index contributed by atoms with van der Waals surface area (Å²) >= 11 is 1.57. The smallest absolute Gasteiger partial charge is 0.309 e. The number of pyridine rings is 1. The second-order valence-electron chi connectivity index (χ2n) is 2.71. The summed E-state index contributed by atoms with van der Waals surface area (Å²) < 4.78 is 24.7. The predicted octanol–water partition coefficient (Wildman–Crippen LogP) is 1.96. The zero-order valence-corrected chi connectivity index (χ0v) is 9.40. The van der Waals surface area contributed by atoms with Gasteiger partial charge in [-0.15, -0.1) is 0 Å². The number of carbonyl (C=O) groups is 1. The van der Waals surface area contributed by atoms with Crippen LogP contribution in [-0.4, -0.2) is 21.2 Å². The van der Waals surface area contributed by atoms with Crippen LogP contribution in [0.2, 0.25) is 0 Å². The van der Waals surface area contributed by atoms with Gasteiger partial charge < -0.3 is 10.2 Å². The van der Waals surface area contributed by atoms with Crippen LogP contribution in [0.4, 0.5) is 8.78 Å². The summed E-state index contributed by atoms with van der Waals surface area (Å²) in [6.45, 7) is 0. The highest BCUT2D eigenvalue weighted by molar-refractivity contribution is 14.1. The van der Waals surface area contributed by atoms with Crippen molar-refractivity contribution in [2.45, 2.75) is 12.8 Å². The van der Waals surface area contributed by atoms with Crippen molar-refractivity contribution in [1.29, 1.82) is 0 Å². The standard InChI is InChI=1S/C8H6F2INO3/c9-7(10)4-1-3(2-5(13)14)12-8(11)6(4)15/h1,7,15H,2H2,(H,13,14). The minimum absolute atomic E-state index is 0.000000000000000444. The number of aliphatic carboxylic acids is 1. The van der Waals surface area contributed by atoms with Gasteiger partial charge in [0.2, 0.25) is 0 Å². The van der Waals surface area contributed by atoms with Crippen LogP contribution in [0.1, 0.15) is 17.7 Å². The summed E-state index contributed by atoms with van der Waals surface area (Å²) in [5, 5.41) is 17.7. The number of hydrogen-bond donors (Lipinski definition) is 2. The molecule has 2 N–H and O–H groups in total. The Labute approximate surface area is 97.1 Å². The van der Waals surface area contributed by atoms with Crippen molar-refractivity contribution >= 4 is 28.6 Å². The Hall–Kier alpha value is -0.990. The Kier molecular flexibility index (Phi) is 3.77. The Morgan fingerprint density at radius 2 is 2.20 bits per heavy atom. The number of carboxylic acid groups (broad SMARTS) is 1. The lowest BCUT2D eigenvalue weighted by atomic mass is 10.2. The molecule has 7 heteroatoms. The maximum Gasteiger partial charge on any atom is 0.309 e. The van der Waals surface area contributed by atoms with Gasteiger partial charge in [-0.25, -0.2) is 13.8 Å². The number of rotatable bonds is 3. The second-order valence-corrected chi connectivity index (χ2v) is 3.74. The molecule has 0 unspecified atom stereocenters. The first-order chi connectivity index (χ1) is 6.91. The van der Waals surface area contributed by atoms with Gasteiger partial charge in [-0.2, -0.15) is 0 Å². The fraction of sp³-hybridized carbons (Fsp3) is 0.250. The van der Waals surface area contributed by atoms with Crippen molar-refractivity contribution in [2.24, 2.45) is 0 Å². The summed E-state index contributed by atoms with van der Waals surface area (Å²) in [7, 11) is 0. The van der Waals surface area contributed by atoms with Gasteiger partial charge in [-0.3, -0.25) is 4.79 Å². The lowest BCUT2D eigenvalue weighted by Gasteiger charge is -2.07. The molecular weight excluding hydrogens is 323 g/mol. The fourth-order valence-electron chi connectivity index (χ4n) is 0.990. The molecule has 0 aliphatic heterocycles. The zero-order valence-electron chi connectivity index (χ0n) is 7.25. The third kappa shape index (κ3) is 2.98. The van der Waals surface area contributed by atoms with Crippen LogP contribution in [0.25, 0.3) is 0 Å². The van der Waals surface area contributed by atoms with Gasteiger partial charge in [0.05, 0.1) is 17.7 Å². The average Bonchev–Trinajstić information content (AvgIpc) is 2.09. The van der Waals surface area contributed by atoms with E-state index in [0.717, 1.165) is 6.07 Å². The molecule has 15 heavy (non-hydrogen) atoms. The molecule has 4 nitrogen and oxygen atoms in total. The highest BCUT2D eigenvalue weighted by Gasteiger charge is 2.18. The van der Waals surface area contributed by atoms with Crippen molar-refractivity contribution in [1.82, 2.24) is 4.98 Å². The number of halogens is 3. The van der Waals surface area contributed by atoms with E-state index in [-0.39, 0.29) is 9.39 Å².